The van der Waals surface area contributed by atoms with Gasteiger partial charge in [-0.05, 0) is 6.92 Å². The number of methoxy groups -OCH3 is 1. The summed E-state index contributed by atoms with van der Waals surface area (Å²) in [6, 6.07) is 0. The molecule has 0 atom stereocenters. The first-order valence-electron chi connectivity index (χ1n) is 2.34. The third-order valence-electron chi connectivity index (χ3n) is 0.919. The third-order valence-corrected chi connectivity index (χ3v) is 0.919. The Kier molecular flexibility index (Phi) is 2.70. The molecular formula is C5H9FN2O. The molecule has 3 nitrogen and oxygen atoms in total. The Morgan fingerprint density at radius 2 is 2.11 bits per heavy atom. The van der Waals surface area contributed by atoms with E-state index >= 15 is 0 Å². The third kappa shape index (κ3) is 2.12. The van der Waals surface area contributed by atoms with Gasteiger partial charge >= 0.3 is 0 Å². The molecular weight excluding hydrogens is 123 g/mol. The summed E-state index contributed by atoms with van der Waals surface area (Å²) in [6.07, 6.45) is 0. The molecule has 0 radical (unpaired) electrons. The van der Waals surface area contributed by atoms with Crippen molar-refractivity contribution in [3.05, 3.63) is 11.5 Å². The van der Waals surface area contributed by atoms with Crippen molar-refractivity contribution in [3.63, 3.8) is 0 Å². The van der Waals surface area contributed by atoms with E-state index in [4.69, 9.17) is 11.1 Å². The van der Waals surface area contributed by atoms with Crippen molar-refractivity contribution in [1.29, 1.82) is 5.41 Å². The van der Waals surface area contributed by atoms with Crippen LogP contribution < -0.4 is 5.73 Å². The van der Waals surface area contributed by atoms with Crippen LogP contribution in [0.2, 0.25) is 0 Å². The molecule has 0 saturated carbocycles. The summed E-state index contributed by atoms with van der Waals surface area (Å²) in [5, 5.41) is 6.45. The molecule has 0 aromatic heterocycles. The van der Waals surface area contributed by atoms with Gasteiger partial charge in [-0.25, -0.2) is 0 Å². The highest BCUT2D eigenvalue weighted by molar-refractivity contribution is 5.89. The van der Waals surface area contributed by atoms with Crippen LogP contribution in [0.25, 0.3) is 0 Å². The maximum atomic E-state index is 11.9. The van der Waals surface area contributed by atoms with Crippen molar-refractivity contribution in [2.24, 2.45) is 5.73 Å². The van der Waals surface area contributed by atoms with Crippen molar-refractivity contribution in [2.45, 2.75) is 6.92 Å². The second kappa shape index (κ2) is 3.06. The topological polar surface area (TPSA) is 59.1 Å². The van der Waals surface area contributed by atoms with E-state index in [2.05, 4.69) is 4.74 Å². The van der Waals surface area contributed by atoms with Crippen LogP contribution in [0.15, 0.2) is 11.5 Å². The van der Waals surface area contributed by atoms with Crippen LogP contribution in [-0.2, 0) is 4.74 Å². The fourth-order valence-electron chi connectivity index (χ4n) is 0.261. The summed E-state index contributed by atoms with van der Waals surface area (Å²) in [6.45, 7) is 1.38. The zero-order valence-corrected chi connectivity index (χ0v) is 5.36. The standard InChI is InChI=1S/C5H9FN2O/c1-3(4(6)7)5(8)9-2/h7H,8H2,1-2H3/b5-3+,7-4?. The quantitative estimate of drug-likeness (QED) is 0.430. The van der Waals surface area contributed by atoms with Gasteiger partial charge in [0.05, 0.1) is 12.7 Å². The molecule has 0 unspecified atom stereocenters. The summed E-state index contributed by atoms with van der Waals surface area (Å²) < 4.78 is 16.3. The van der Waals surface area contributed by atoms with Crippen molar-refractivity contribution < 1.29 is 9.13 Å². The van der Waals surface area contributed by atoms with Crippen LogP contribution in [0.3, 0.4) is 0 Å². The minimum absolute atomic E-state index is 0.0255. The summed E-state index contributed by atoms with van der Waals surface area (Å²) in [7, 11) is 1.32. The Morgan fingerprint density at radius 1 is 1.67 bits per heavy atom. The van der Waals surface area contributed by atoms with Gasteiger partial charge in [-0.1, -0.05) is 0 Å². The Bertz CT molecular complexity index is 153. The number of rotatable bonds is 2. The summed E-state index contributed by atoms with van der Waals surface area (Å²) in [5.74, 6) is -1.11. The molecule has 0 fully saturated rings. The van der Waals surface area contributed by atoms with E-state index in [0.717, 1.165) is 0 Å². The number of allylic oxidation sites excluding steroid dienone is 1. The molecule has 0 aliphatic heterocycles. The second-order valence-corrected chi connectivity index (χ2v) is 1.51. The largest absolute Gasteiger partial charge is 0.482 e. The lowest BCUT2D eigenvalue weighted by molar-refractivity contribution is 0.284. The van der Waals surface area contributed by atoms with Gasteiger partial charge in [-0.2, -0.15) is 4.39 Å². The maximum Gasteiger partial charge on any atom is 0.213 e. The van der Waals surface area contributed by atoms with Crippen LogP contribution in [0.5, 0.6) is 0 Å². The van der Waals surface area contributed by atoms with Crippen molar-refractivity contribution in [2.75, 3.05) is 7.11 Å². The van der Waals surface area contributed by atoms with E-state index in [9.17, 15) is 4.39 Å². The SMILES string of the molecule is CO/C(N)=C(\C)C(=N)F. The highest BCUT2D eigenvalue weighted by Crippen LogP contribution is 2.00. The van der Waals surface area contributed by atoms with Gasteiger partial charge in [0.2, 0.25) is 5.97 Å². The molecule has 0 aromatic carbocycles. The monoisotopic (exact) mass is 132 g/mol. The van der Waals surface area contributed by atoms with Gasteiger partial charge in [-0.3, -0.25) is 5.41 Å². The number of nitrogens with one attached hydrogen (secondary N) is 1. The minimum atomic E-state index is -1.06. The molecule has 0 saturated heterocycles. The van der Waals surface area contributed by atoms with Crippen molar-refractivity contribution in [3.8, 4) is 0 Å². The summed E-state index contributed by atoms with van der Waals surface area (Å²) in [5.41, 5.74) is 5.12. The van der Waals surface area contributed by atoms with Gasteiger partial charge < -0.3 is 10.5 Å². The average Bonchev–Trinajstić information content (AvgIpc) is 1.84. The second-order valence-electron chi connectivity index (χ2n) is 1.51. The highest BCUT2D eigenvalue weighted by Gasteiger charge is 2.01. The smallest absolute Gasteiger partial charge is 0.213 e. The normalized spacial score (nSPS) is 12.3. The van der Waals surface area contributed by atoms with Gasteiger partial charge in [0.15, 0.2) is 5.88 Å². The molecule has 0 aliphatic carbocycles. The Morgan fingerprint density at radius 3 is 2.22 bits per heavy atom. The van der Waals surface area contributed by atoms with E-state index in [-0.39, 0.29) is 11.5 Å². The number of nitrogens with two attached hydrogens (primary N) is 1. The number of hydrogen-bond donors (Lipinski definition) is 2. The predicted octanol–water partition coefficient (Wildman–Crippen LogP) is 0.770. The fraction of sp³-hybridized carbons (Fsp3) is 0.400. The van der Waals surface area contributed by atoms with Crippen LogP contribution in [0.4, 0.5) is 4.39 Å². The average molecular weight is 132 g/mol. The van der Waals surface area contributed by atoms with Crippen LogP contribution in [0, 0.1) is 5.41 Å². The fourth-order valence-corrected chi connectivity index (χ4v) is 0.261. The first-order valence-corrected chi connectivity index (χ1v) is 2.34. The predicted molar refractivity (Wildman–Crippen MR) is 32.7 cm³/mol. The molecule has 0 amide bonds. The molecule has 52 valence electrons. The molecule has 0 heterocycles. The number of ether oxygens (including phenoxy) is 1. The zero-order valence-electron chi connectivity index (χ0n) is 5.36. The molecule has 9 heavy (non-hydrogen) atoms. The molecule has 3 N–H and O–H groups in total. The summed E-state index contributed by atoms with van der Waals surface area (Å²) >= 11 is 0. The first-order chi connectivity index (χ1) is 4.09. The Hall–Kier alpha value is -1.06. The van der Waals surface area contributed by atoms with E-state index in [0.29, 0.717) is 0 Å². The number of halogens is 1. The van der Waals surface area contributed by atoms with Crippen molar-refractivity contribution in [1.82, 2.24) is 0 Å². The Labute approximate surface area is 52.8 Å². The molecule has 4 heteroatoms. The van der Waals surface area contributed by atoms with E-state index < -0.39 is 5.97 Å². The highest BCUT2D eigenvalue weighted by atomic mass is 19.1. The molecule has 0 aliphatic rings. The maximum absolute atomic E-state index is 11.9. The van der Waals surface area contributed by atoms with E-state index in [1.807, 2.05) is 0 Å². The summed E-state index contributed by atoms with van der Waals surface area (Å²) in [4.78, 5) is 0. The first kappa shape index (κ1) is 7.94. The van der Waals surface area contributed by atoms with Gasteiger partial charge in [0.25, 0.3) is 0 Å². The van der Waals surface area contributed by atoms with Crippen LogP contribution in [-0.4, -0.2) is 13.1 Å². The minimum Gasteiger partial charge on any atom is -0.482 e. The van der Waals surface area contributed by atoms with E-state index in [1.54, 1.807) is 0 Å². The lowest BCUT2D eigenvalue weighted by atomic mass is 10.3. The molecule has 0 rings (SSSR count). The zero-order chi connectivity index (χ0) is 7.44. The molecule has 0 bridgehead atoms. The lowest BCUT2D eigenvalue weighted by Crippen LogP contribution is -2.06. The Balaban J connectivity index is 4.28. The molecule has 0 aromatic rings. The van der Waals surface area contributed by atoms with E-state index in [1.165, 1.54) is 14.0 Å². The van der Waals surface area contributed by atoms with Crippen LogP contribution in [0.1, 0.15) is 6.92 Å². The van der Waals surface area contributed by atoms with Gasteiger partial charge in [-0.15, -0.1) is 0 Å². The van der Waals surface area contributed by atoms with Gasteiger partial charge in [0.1, 0.15) is 0 Å². The van der Waals surface area contributed by atoms with Crippen LogP contribution >= 0.6 is 0 Å². The molecule has 0 spiro atoms. The van der Waals surface area contributed by atoms with Gasteiger partial charge in [0, 0.05) is 0 Å². The number of hydrogen-bond acceptors (Lipinski definition) is 3. The lowest BCUT2D eigenvalue weighted by Gasteiger charge is -2.00. The van der Waals surface area contributed by atoms with Crippen molar-refractivity contribution >= 4 is 5.97 Å².